The van der Waals surface area contributed by atoms with Gasteiger partial charge in [-0.15, -0.1) is 0 Å². The van der Waals surface area contributed by atoms with Crippen molar-refractivity contribution < 1.29 is 8.78 Å². The van der Waals surface area contributed by atoms with Gasteiger partial charge in [-0.1, -0.05) is 25.1 Å². The number of hydrogen-bond donors (Lipinski definition) is 0. The summed E-state index contributed by atoms with van der Waals surface area (Å²) in [5, 5.41) is 0. The first-order valence-electron chi connectivity index (χ1n) is 3.80. The van der Waals surface area contributed by atoms with Crippen molar-refractivity contribution in [3.63, 3.8) is 0 Å². The van der Waals surface area contributed by atoms with Crippen LogP contribution in [0.25, 0.3) is 0 Å². The lowest BCUT2D eigenvalue weighted by Gasteiger charge is -2.08. The van der Waals surface area contributed by atoms with E-state index in [4.69, 9.17) is 0 Å². The van der Waals surface area contributed by atoms with Gasteiger partial charge < -0.3 is 0 Å². The summed E-state index contributed by atoms with van der Waals surface area (Å²) < 4.78 is 25.4. The molecule has 1 aromatic carbocycles. The second kappa shape index (κ2) is 3.65. The summed E-state index contributed by atoms with van der Waals surface area (Å²) in [7, 11) is 0. The van der Waals surface area contributed by atoms with Gasteiger partial charge in [0, 0.05) is 5.92 Å². The molecule has 2 heteroatoms. The molecule has 0 aliphatic carbocycles. The topological polar surface area (TPSA) is 0 Å². The minimum Gasteiger partial charge on any atom is -0.250 e. The van der Waals surface area contributed by atoms with E-state index in [2.05, 4.69) is 0 Å². The van der Waals surface area contributed by atoms with Crippen LogP contribution in [0, 0.1) is 18.7 Å². The fourth-order valence-corrected chi connectivity index (χ4v) is 1.05. The Morgan fingerprint density at radius 3 is 2.67 bits per heavy atom. The highest BCUT2D eigenvalue weighted by atomic mass is 19.1. The molecule has 65 valence electrons. The van der Waals surface area contributed by atoms with Crippen molar-refractivity contribution in [3.8, 4) is 0 Å². The molecule has 1 aromatic rings. The van der Waals surface area contributed by atoms with E-state index in [0.717, 1.165) is 0 Å². The van der Waals surface area contributed by atoms with Gasteiger partial charge in [0.2, 0.25) is 0 Å². The van der Waals surface area contributed by atoms with E-state index in [1.807, 2.05) is 0 Å². The molecule has 0 saturated heterocycles. The van der Waals surface area contributed by atoms with E-state index in [1.165, 1.54) is 0 Å². The zero-order chi connectivity index (χ0) is 9.14. The Hall–Kier alpha value is -0.920. The second-order valence-corrected chi connectivity index (χ2v) is 2.85. The van der Waals surface area contributed by atoms with Gasteiger partial charge in [-0.3, -0.25) is 4.39 Å². The van der Waals surface area contributed by atoms with Crippen LogP contribution in [0.2, 0.25) is 0 Å². The van der Waals surface area contributed by atoms with E-state index in [0.29, 0.717) is 17.0 Å². The predicted molar refractivity (Wildman–Crippen MR) is 45.1 cm³/mol. The van der Waals surface area contributed by atoms with Crippen LogP contribution in [0.3, 0.4) is 0 Å². The lowest BCUT2D eigenvalue weighted by atomic mass is 10.00. The van der Waals surface area contributed by atoms with Crippen molar-refractivity contribution in [1.29, 1.82) is 0 Å². The fraction of sp³-hybridized carbons (Fsp3) is 0.300. The molecule has 1 radical (unpaired) electrons. The Bertz CT molecular complexity index is 269. The second-order valence-electron chi connectivity index (χ2n) is 2.85. The van der Waals surface area contributed by atoms with Gasteiger partial charge in [0.1, 0.15) is 5.82 Å². The summed E-state index contributed by atoms with van der Waals surface area (Å²) in [5.74, 6) is 0.129. The number of hydrogen-bond acceptors (Lipinski definition) is 0. The molecule has 0 unspecified atom stereocenters. The highest BCUT2D eigenvalue weighted by Crippen LogP contribution is 2.20. The lowest BCUT2D eigenvalue weighted by Crippen LogP contribution is -2.01. The summed E-state index contributed by atoms with van der Waals surface area (Å²) in [6.45, 7) is 2.67. The van der Waals surface area contributed by atoms with Crippen molar-refractivity contribution in [2.75, 3.05) is 6.67 Å². The molecule has 0 aliphatic rings. The molecule has 0 N–H and O–H groups in total. The average molecular weight is 169 g/mol. The Morgan fingerprint density at radius 1 is 1.42 bits per heavy atom. The minimum atomic E-state index is -0.597. The SMILES string of the molecule is C[C](CF)c1cccc(C)c1F. The number of halogens is 2. The maximum Gasteiger partial charge on any atom is 0.129 e. The number of benzene rings is 1. The van der Waals surface area contributed by atoms with E-state index >= 15 is 0 Å². The normalized spacial score (nSPS) is 10.8. The van der Waals surface area contributed by atoms with Crippen LogP contribution in [-0.2, 0) is 0 Å². The van der Waals surface area contributed by atoms with Crippen molar-refractivity contribution in [2.24, 2.45) is 0 Å². The number of alkyl halides is 1. The molecule has 0 atom stereocenters. The number of aryl methyl sites for hydroxylation is 1. The van der Waals surface area contributed by atoms with Crippen molar-refractivity contribution in [3.05, 3.63) is 41.1 Å². The van der Waals surface area contributed by atoms with Crippen LogP contribution >= 0.6 is 0 Å². The van der Waals surface area contributed by atoms with E-state index in [9.17, 15) is 8.78 Å². The quantitative estimate of drug-likeness (QED) is 0.638. The molecule has 0 spiro atoms. The van der Waals surface area contributed by atoms with Crippen molar-refractivity contribution >= 4 is 0 Å². The van der Waals surface area contributed by atoms with Gasteiger partial charge in [-0.25, -0.2) is 4.39 Å². The maximum atomic E-state index is 13.3. The molecule has 1 rings (SSSR count). The molecule has 0 aromatic heterocycles. The van der Waals surface area contributed by atoms with Crippen LogP contribution in [0.15, 0.2) is 18.2 Å². The molecule has 0 bridgehead atoms. The van der Waals surface area contributed by atoms with Crippen LogP contribution in [-0.4, -0.2) is 6.67 Å². The van der Waals surface area contributed by atoms with Gasteiger partial charge in [0.05, 0.1) is 6.67 Å². The van der Waals surface area contributed by atoms with E-state index in [1.54, 1.807) is 32.0 Å². The summed E-state index contributed by atoms with van der Waals surface area (Å²) in [6, 6.07) is 4.99. The smallest absolute Gasteiger partial charge is 0.129 e. The Morgan fingerprint density at radius 2 is 2.08 bits per heavy atom. The standard InChI is InChI=1S/C10H11F2/c1-7-4-3-5-9(10(7)12)8(2)6-11/h3-5H,6H2,1-2H3. The van der Waals surface area contributed by atoms with Crippen molar-refractivity contribution in [1.82, 2.24) is 0 Å². The van der Waals surface area contributed by atoms with Crippen LogP contribution in [0.1, 0.15) is 18.1 Å². The van der Waals surface area contributed by atoms with E-state index < -0.39 is 6.67 Å². The zero-order valence-corrected chi connectivity index (χ0v) is 7.20. The monoisotopic (exact) mass is 169 g/mol. The largest absolute Gasteiger partial charge is 0.250 e. The van der Waals surface area contributed by atoms with Gasteiger partial charge in [0.25, 0.3) is 0 Å². The van der Waals surface area contributed by atoms with E-state index in [-0.39, 0.29) is 5.82 Å². The van der Waals surface area contributed by atoms with Gasteiger partial charge >= 0.3 is 0 Å². The predicted octanol–water partition coefficient (Wildman–Crippen LogP) is 3.05. The maximum absolute atomic E-state index is 13.3. The molecule has 12 heavy (non-hydrogen) atoms. The molecular weight excluding hydrogens is 158 g/mol. The minimum absolute atomic E-state index is 0.312. The van der Waals surface area contributed by atoms with Gasteiger partial charge in [-0.2, -0.15) is 0 Å². The highest BCUT2D eigenvalue weighted by Gasteiger charge is 2.11. The van der Waals surface area contributed by atoms with Gasteiger partial charge in [-0.05, 0) is 18.1 Å². The van der Waals surface area contributed by atoms with Crippen LogP contribution in [0.4, 0.5) is 8.78 Å². The van der Waals surface area contributed by atoms with Crippen molar-refractivity contribution in [2.45, 2.75) is 13.8 Å². The number of rotatable bonds is 2. The molecule has 0 heterocycles. The lowest BCUT2D eigenvalue weighted by molar-refractivity contribution is 0.506. The first-order chi connectivity index (χ1) is 5.66. The summed E-state index contributed by atoms with van der Waals surface area (Å²) in [6.07, 6.45) is 0. The Kier molecular flexibility index (Phi) is 2.79. The van der Waals surface area contributed by atoms with Crippen LogP contribution in [0.5, 0.6) is 0 Å². The Labute approximate surface area is 71.2 Å². The molecule has 0 amide bonds. The molecule has 0 fully saturated rings. The molecular formula is C10H11F2. The highest BCUT2D eigenvalue weighted by molar-refractivity contribution is 5.34. The molecule has 0 nitrogen and oxygen atoms in total. The third-order valence-electron chi connectivity index (χ3n) is 1.85. The zero-order valence-electron chi connectivity index (χ0n) is 7.20. The van der Waals surface area contributed by atoms with Crippen LogP contribution < -0.4 is 0 Å². The van der Waals surface area contributed by atoms with Gasteiger partial charge in [0.15, 0.2) is 0 Å². The first-order valence-corrected chi connectivity index (χ1v) is 3.80. The summed E-state index contributed by atoms with van der Waals surface area (Å²) >= 11 is 0. The first kappa shape index (κ1) is 9.17. The fourth-order valence-electron chi connectivity index (χ4n) is 1.05. The third-order valence-corrected chi connectivity index (χ3v) is 1.85. The third kappa shape index (κ3) is 1.63. The molecule has 0 saturated carbocycles. The average Bonchev–Trinajstić information content (AvgIpc) is 2.08. The molecule has 0 aliphatic heterocycles. The summed E-state index contributed by atoms with van der Waals surface area (Å²) in [5.41, 5.74) is 0.942. The Balaban J connectivity index is 3.07. The summed E-state index contributed by atoms with van der Waals surface area (Å²) in [4.78, 5) is 0.